The summed E-state index contributed by atoms with van der Waals surface area (Å²) in [5, 5.41) is 3.01. The van der Waals surface area contributed by atoms with Crippen LogP contribution in [-0.4, -0.2) is 26.2 Å². The Hall–Kier alpha value is -2.69. The van der Waals surface area contributed by atoms with Gasteiger partial charge in [-0.2, -0.15) is 0 Å². The average Bonchev–Trinajstić information content (AvgIpc) is 2.66. The van der Waals surface area contributed by atoms with Gasteiger partial charge in [-0.25, -0.2) is 0 Å². The lowest BCUT2D eigenvalue weighted by atomic mass is 10.1. The predicted octanol–water partition coefficient (Wildman–Crippen LogP) is 4.05. The normalized spacial score (nSPS) is 12.8. The molecule has 0 fully saturated rings. The monoisotopic (exact) mass is 357 g/mol. The molecule has 5 nitrogen and oxygen atoms in total. The van der Waals surface area contributed by atoms with E-state index in [0.29, 0.717) is 23.7 Å². The summed E-state index contributed by atoms with van der Waals surface area (Å²) in [5.74, 6) is 1.94. The molecule has 0 heterocycles. The number of benzene rings is 2. The summed E-state index contributed by atoms with van der Waals surface area (Å²) in [4.78, 5) is 12.7. The molecule has 0 radical (unpaired) electrons. The quantitative estimate of drug-likeness (QED) is 0.774. The summed E-state index contributed by atoms with van der Waals surface area (Å²) in [5.41, 5.74) is 2.00. The fourth-order valence-electron chi connectivity index (χ4n) is 2.67. The number of hydrogen-bond donors (Lipinski definition) is 1. The zero-order valence-electron chi connectivity index (χ0n) is 16.0. The van der Waals surface area contributed by atoms with Gasteiger partial charge >= 0.3 is 0 Å². The highest BCUT2D eigenvalue weighted by Gasteiger charge is 2.22. The molecule has 2 aromatic rings. The largest absolute Gasteiger partial charge is 0.497 e. The van der Waals surface area contributed by atoms with Crippen molar-refractivity contribution in [2.24, 2.45) is 0 Å². The first-order chi connectivity index (χ1) is 12.5. The third-order valence-electron chi connectivity index (χ3n) is 4.22. The zero-order chi connectivity index (χ0) is 19.1. The van der Waals surface area contributed by atoms with Crippen LogP contribution in [0.2, 0.25) is 0 Å². The Morgan fingerprint density at radius 2 is 1.69 bits per heavy atom. The van der Waals surface area contributed by atoms with E-state index < -0.39 is 6.10 Å². The van der Waals surface area contributed by atoms with E-state index >= 15 is 0 Å². The van der Waals surface area contributed by atoms with Gasteiger partial charge in [0.1, 0.15) is 17.2 Å². The number of nitrogens with one attached hydrogen (secondary N) is 1. The lowest BCUT2D eigenvalue weighted by Crippen LogP contribution is -2.39. The second-order valence-corrected chi connectivity index (χ2v) is 6.17. The van der Waals surface area contributed by atoms with Gasteiger partial charge in [0, 0.05) is 5.56 Å². The minimum atomic E-state index is -0.559. The molecule has 5 heteroatoms. The predicted molar refractivity (Wildman–Crippen MR) is 102 cm³/mol. The first kappa shape index (κ1) is 19.6. The van der Waals surface area contributed by atoms with Crippen molar-refractivity contribution in [3.63, 3.8) is 0 Å². The molecule has 1 amide bonds. The van der Waals surface area contributed by atoms with Gasteiger partial charge in [0.15, 0.2) is 6.10 Å². The Labute approximate surface area is 155 Å². The highest BCUT2D eigenvalue weighted by Crippen LogP contribution is 2.29. The van der Waals surface area contributed by atoms with Crippen LogP contribution in [0.1, 0.15) is 37.4 Å². The van der Waals surface area contributed by atoms with Crippen LogP contribution in [-0.2, 0) is 4.79 Å². The second kappa shape index (κ2) is 9.13. The van der Waals surface area contributed by atoms with Crippen LogP contribution in [0.4, 0.5) is 0 Å². The Balaban J connectivity index is 2.10. The SMILES string of the molecule is CC[C@H](Oc1ccc(C)cc1)C(=O)N[C@@H](C)c1cc(OC)ccc1OC. The topological polar surface area (TPSA) is 56.8 Å². The van der Waals surface area contributed by atoms with Crippen molar-refractivity contribution >= 4 is 5.91 Å². The summed E-state index contributed by atoms with van der Waals surface area (Å²) in [6, 6.07) is 12.9. The fraction of sp³-hybridized carbons (Fsp3) is 0.381. The maximum atomic E-state index is 12.7. The molecule has 140 valence electrons. The first-order valence-corrected chi connectivity index (χ1v) is 8.74. The fourth-order valence-corrected chi connectivity index (χ4v) is 2.67. The van der Waals surface area contributed by atoms with Crippen molar-refractivity contribution in [1.29, 1.82) is 0 Å². The molecule has 0 unspecified atom stereocenters. The van der Waals surface area contributed by atoms with Gasteiger partial charge in [0.25, 0.3) is 5.91 Å². The van der Waals surface area contributed by atoms with Crippen molar-refractivity contribution in [2.75, 3.05) is 14.2 Å². The number of amides is 1. The van der Waals surface area contributed by atoms with Gasteiger partial charge in [-0.1, -0.05) is 24.6 Å². The maximum absolute atomic E-state index is 12.7. The van der Waals surface area contributed by atoms with E-state index in [0.717, 1.165) is 11.1 Å². The van der Waals surface area contributed by atoms with E-state index in [1.807, 2.05) is 63.2 Å². The minimum absolute atomic E-state index is 0.162. The minimum Gasteiger partial charge on any atom is -0.497 e. The first-order valence-electron chi connectivity index (χ1n) is 8.74. The van der Waals surface area contributed by atoms with Gasteiger partial charge < -0.3 is 19.5 Å². The molecule has 0 saturated heterocycles. The number of methoxy groups -OCH3 is 2. The summed E-state index contributed by atoms with van der Waals surface area (Å²) in [6.07, 6.45) is 0.0125. The van der Waals surface area contributed by atoms with Crippen LogP contribution in [0, 0.1) is 6.92 Å². The molecule has 0 spiro atoms. The molecule has 0 bridgehead atoms. The number of rotatable bonds is 8. The van der Waals surface area contributed by atoms with Crippen molar-refractivity contribution in [2.45, 2.75) is 39.3 Å². The Morgan fingerprint density at radius 1 is 1.04 bits per heavy atom. The number of ether oxygens (including phenoxy) is 3. The lowest BCUT2D eigenvalue weighted by molar-refractivity contribution is -0.128. The summed E-state index contributed by atoms with van der Waals surface area (Å²) >= 11 is 0. The van der Waals surface area contributed by atoms with E-state index in [-0.39, 0.29) is 11.9 Å². The van der Waals surface area contributed by atoms with Crippen molar-refractivity contribution in [3.8, 4) is 17.2 Å². The van der Waals surface area contributed by atoms with E-state index in [1.165, 1.54) is 0 Å². The van der Waals surface area contributed by atoms with Crippen LogP contribution in [0.5, 0.6) is 17.2 Å². The molecule has 26 heavy (non-hydrogen) atoms. The number of aryl methyl sites for hydroxylation is 1. The smallest absolute Gasteiger partial charge is 0.261 e. The van der Waals surface area contributed by atoms with Crippen LogP contribution < -0.4 is 19.5 Å². The van der Waals surface area contributed by atoms with Crippen LogP contribution in [0.3, 0.4) is 0 Å². The van der Waals surface area contributed by atoms with Crippen molar-refractivity contribution in [1.82, 2.24) is 5.32 Å². The van der Waals surface area contributed by atoms with Gasteiger partial charge in [-0.3, -0.25) is 4.79 Å². The van der Waals surface area contributed by atoms with Gasteiger partial charge in [-0.15, -0.1) is 0 Å². The molecule has 0 aliphatic rings. The van der Waals surface area contributed by atoms with Crippen LogP contribution in [0.25, 0.3) is 0 Å². The van der Waals surface area contributed by atoms with Crippen LogP contribution in [0.15, 0.2) is 42.5 Å². The van der Waals surface area contributed by atoms with E-state index in [2.05, 4.69) is 5.32 Å². The van der Waals surface area contributed by atoms with E-state index in [9.17, 15) is 4.79 Å². The summed E-state index contributed by atoms with van der Waals surface area (Å²) in [7, 11) is 3.21. The molecule has 2 aromatic carbocycles. The Bertz CT molecular complexity index is 727. The standard InChI is InChI=1S/C21H27NO4/c1-6-19(26-16-9-7-14(2)8-10-16)21(23)22-15(3)18-13-17(24-4)11-12-20(18)25-5/h7-13,15,19H,6H2,1-5H3,(H,22,23)/t15-,19-/m0/s1. The highest BCUT2D eigenvalue weighted by atomic mass is 16.5. The van der Waals surface area contributed by atoms with Gasteiger partial charge in [0.2, 0.25) is 0 Å². The average molecular weight is 357 g/mol. The van der Waals surface area contributed by atoms with Gasteiger partial charge in [0.05, 0.1) is 20.3 Å². The molecule has 1 N–H and O–H groups in total. The van der Waals surface area contributed by atoms with Crippen molar-refractivity contribution in [3.05, 3.63) is 53.6 Å². The third-order valence-corrected chi connectivity index (χ3v) is 4.22. The molecule has 2 atom stereocenters. The van der Waals surface area contributed by atoms with Gasteiger partial charge in [-0.05, 0) is 50.6 Å². The number of hydrogen-bond acceptors (Lipinski definition) is 4. The van der Waals surface area contributed by atoms with Crippen molar-refractivity contribution < 1.29 is 19.0 Å². The molecule has 2 rings (SSSR count). The highest BCUT2D eigenvalue weighted by molar-refractivity contribution is 5.81. The maximum Gasteiger partial charge on any atom is 0.261 e. The molecule has 0 aliphatic heterocycles. The Kier molecular flexibility index (Phi) is 6.89. The lowest BCUT2D eigenvalue weighted by Gasteiger charge is -2.22. The number of carbonyl (C=O) groups excluding carboxylic acids is 1. The Morgan fingerprint density at radius 3 is 2.27 bits per heavy atom. The van der Waals surface area contributed by atoms with E-state index in [1.54, 1.807) is 14.2 Å². The van der Waals surface area contributed by atoms with E-state index in [4.69, 9.17) is 14.2 Å². The number of carbonyl (C=O) groups is 1. The molecule has 0 aromatic heterocycles. The van der Waals surface area contributed by atoms with Crippen LogP contribution >= 0.6 is 0 Å². The third kappa shape index (κ3) is 4.91. The summed E-state index contributed by atoms with van der Waals surface area (Å²) in [6.45, 7) is 5.85. The molecular weight excluding hydrogens is 330 g/mol. The molecule has 0 saturated carbocycles. The molecule has 0 aliphatic carbocycles. The summed E-state index contributed by atoms with van der Waals surface area (Å²) < 4.78 is 16.5. The second-order valence-electron chi connectivity index (χ2n) is 6.17. The molecular formula is C21H27NO4. The zero-order valence-corrected chi connectivity index (χ0v) is 16.0.